The molecule has 4 nitrogen and oxygen atoms in total. The fourth-order valence-corrected chi connectivity index (χ4v) is 2.05. The smallest absolute Gasteiger partial charge is 0.134 e. The molecule has 0 aliphatic heterocycles. The van der Waals surface area contributed by atoms with Gasteiger partial charge < -0.3 is 10.6 Å². The maximum absolute atomic E-state index is 5.90. The van der Waals surface area contributed by atoms with Crippen molar-refractivity contribution in [2.75, 3.05) is 17.2 Å². The molecule has 0 aliphatic rings. The van der Waals surface area contributed by atoms with Crippen molar-refractivity contribution in [3.05, 3.63) is 46.9 Å². The maximum atomic E-state index is 5.90. The number of aromatic nitrogens is 2. The van der Waals surface area contributed by atoms with Crippen molar-refractivity contribution in [3.8, 4) is 0 Å². The average Bonchev–Trinajstić information content (AvgIpc) is 2.43. The molecule has 2 rings (SSSR count). The van der Waals surface area contributed by atoms with Crippen molar-refractivity contribution in [2.24, 2.45) is 0 Å². The highest BCUT2D eigenvalue weighted by atomic mass is 35.5. The lowest BCUT2D eigenvalue weighted by Gasteiger charge is -2.08. The second kappa shape index (κ2) is 7.10. The van der Waals surface area contributed by atoms with Crippen LogP contribution in [0.2, 0.25) is 5.15 Å². The van der Waals surface area contributed by atoms with Gasteiger partial charge in [-0.2, -0.15) is 0 Å². The van der Waals surface area contributed by atoms with Gasteiger partial charge in [0.2, 0.25) is 0 Å². The zero-order valence-corrected chi connectivity index (χ0v) is 12.5. The lowest BCUT2D eigenvalue weighted by atomic mass is 10.2. The summed E-state index contributed by atoms with van der Waals surface area (Å²) in [5.74, 6) is 1.41. The Bertz CT molecular complexity index is 534. The number of hydrogen-bond donors (Lipinski definition) is 2. The zero-order chi connectivity index (χ0) is 14.4. The first-order valence-corrected chi connectivity index (χ1v) is 7.13. The fourth-order valence-electron chi connectivity index (χ4n) is 1.82. The largest absolute Gasteiger partial charge is 0.385 e. The monoisotopic (exact) mass is 290 g/mol. The van der Waals surface area contributed by atoms with Crippen LogP contribution in [0.1, 0.15) is 24.7 Å². The van der Waals surface area contributed by atoms with E-state index in [-0.39, 0.29) is 0 Å². The minimum atomic E-state index is 0.458. The van der Waals surface area contributed by atoms with Crippen LogP contribution in [0.25, 0.3) is 0 Å². The molecular formula is C15H19ClN4. The van der Waals surface area contributed by atoms with Crippen molar-refractivity contribution in [3.63, 3.8) is 0 Å². The van der Waals surface area contributed by atoms with E-state index in [1.165, 1.54) is 5.56 Å². The SMILES string of the molecule is CCCNc1ccc(CNc2cc(Cl)nc(C)n2)cc1. The van der Waals surface area contributed by atoms with E-state index < -0.39 is 0 Å². The number of benzene rings is 1. The van der Waals surface area contributed by atoms with E-state index in [1.54, 1.807) is 6.07 Å². The van der Waals surface area contributed by atoms with Gasteiger partial charge in [-0.15, -0.1) is 0 Å². The molecule has 2 aromatic rings. The molecule has 106 valence electrons. The Morgan fingerprint density at radius 1 is 1.10 bits per heavy atom. The van der Waals surface area contributed by atoms with E-state index in [4.69, 9.17) is 11.6 Å². The minimum absolute atomic E-state index is 0.458. The van der Waals surface area contributed by atoms with Crippen molar-refractivity contribution < 1.29 is 0 Å². The normalized spacial score (nSPS) is 10.3. The number of rotatable bonds is 6. The topological polar surface area (TPSA) is 49.8 Å². The molecule has 2 N–H and O–H groups in total. The lowest BCUT2D eigenvalue weighted by molar-refractivity contribution is 0.979. The Kier molecular flexibility index (Phi) is 5.18. The summed E-state index contributed by atoms with van der Waals surface area (Å²) in [4.78, 5) is 8.32. The van der Waals surface area contributed by atoms with Gasteiger partial charge in [0.05, 0.1) is 0 Å². The first kappa shape index (κ1) is 14.6. The molecule has 0 saturated carbocycles. The summed E-state index contributed by atoms with van der Waals surface area (Å²) >= 11 is 5.90. The minimum Gasteiger partial charge on any atom is -0.385 e. The quantitative estimate of drug-likeness (QED) is 0.793. The molecule has 0 amide bonds. The summed E-state index contributed by atoms with van der Waals surface area (Å²) in [7, 11) is 0. The van der Waals surface area contributed by atoms with Crippen molar-refractivity contribution in [1.82, 2.24) is 9.97 Å². The molecule has 0 fully saturated rings. The first-order chi connectivity index (χ1) is 9.67. The van der Waals surface area contributed by atoms with Crippen LogP contribution in [0.4, 0.5) is 11.5 Å². The lowest BCUT2D eigenvalue weighted by Crippen LogP contribution is -2.04. The summed E-state index contributed by atoms with van der Waals surface area (Å²) in [6.45, 7) is 5.68. The molecule has 0 spiro atoms. The summed E-state index contributed by atoms with van der Waals surface area (Å²) in [6.07, 6.45) is 1.12. The number of aryl methyl sites for hydroxylation is 1. The number of hydrogen-bond acceptors (Lipinski definition) is 4. The maximum Gasteiger partial charge on any atom is 0.134 e. The Morgan fingerprint density at radius 3 is 2.50 bits per heavy atom. The molecular weight excluding hydrogens is 272 g/mol. The fraction of sp³-hybridized carbons (Fsp3) is 0.333. The standard InChI is InChI=1S/C15H19ClN4/c1-3-8-17-13-6-4-12(5-7-13)10-18-15-9-14(16)19-11(2)20-15/h4-7,9,17H,3,8,10H2,1-2H3,(H,18,19,20). The van der Waals surface area contributed by atoms with Crippen LogP contribution >= 0.6 is 11.6 Å². The van der Waals surface area contributed by atoms with E-state index in [0.29, 0.717) is 17.5 Å². The number of anilines is 2. The molecule has 1 heterocycles. The zero-order valence-electron chi connectivity index (χ0n) is 11.8. The highest BCUT2D eigenvalue weighted by molar-refractivity contribution is 6.29. The molecule has 0 radical (unpaired) electrons. The highest BCUT2D eigenvalue weighted by Gasteiger charge is 2.00. The van der Waals surface area contributed by atoms with Crippen LogP contribution in [0, 0.1) is 6.92 Å². The second-order valence-electron chi connectivity index (χ2n) is 4.60. The predicted octanol–water partition coefficient (Wildman–Crippen LogP) is 3.87. The Morgan fingerprint density at radius 2 is 1.85 bits per heavy atom. The number of halogens is 1. The van der Waals surface area contributed by atoms with Gasteiger partial charge in [0.1, 0.15) is 16.8 Å². The number of nitrogens with one attached hydrogen (secondary N) is 2. The third-order valence-corrected chi connectivity index (χ3v) is 3.01. The van der Waals surface area contributed by atoms with Gasteiger partial charge in [-0.05, 0) is 31.0 Å². The van der Waals surface area contributed by atoms with Gasteiger partial charge in [-0.3, -0.25) is 0 Å². The number of nitrogens with zero attached hydrogens (tertiary/aromatic N) is 2. The molecule has 0 atom stereocenters. The molecule has 1 aromatic heterocycles. The van der Waals surface area contributed by atoms with E-state index >= 15 is 0 Å². The third-order valence-electron chi connectivity index (χ3n) is 2.81. The second-order valence-corrected chi connectivity index (χ2v) is 4.99. The Hall–Kier alpha value is -1.81. The van der Waals surface area contributed by atoms with Gasteiger partial charge in [0.25, 0.3) is 0 Å². The van der Waals surface area contributed by atoms with E-state index in [2.05, 4.69) is 51.8 Å². The van der Waals surface area contributed by atoms with E-state index in [1.807, 2.05) is 6.92 Å². The third kappa shape index (κ3) is 4.38. The van der Waals surface area contributed by atoms with Crippen molar-refractivity contribution in [1.29, 1.82) is 0 Å². The highest BCUT2D eigenvalue weighted by Crippen LogP contribution is 2.14. The summed E-state index contributed by atoms with van der Waals surface area (Å²) in [6, 6.07) is 10.1. The molecule has 5 heteroatoms. The van der Waals surface area contributed by atoms with E-state index in [9.17, 15) is 0 Å². The van der Waals surface area contributed by atoms with Crippen LogP contribution in [-0.2, 0) is 6.54 Å². The van der Waals surface area contributed by atoms with Gasteiger partial charge in [-0.25, -0.2) is 9.97 Å². The molecule has 0 unspecified atom stereocenters. The summed E-state index contributed by atoms with van der Waals surface area (Å²) in [5, 5.41) is 7.06. The average molecular weight is 291 g/mol. The molecule has 0 saturated heterocycles. The van der Waals surface area contributed by atoms with E-state index in [0.717, 1.165) is 24.5 Å². The van der Waals surface area contributed by atoms with Crippen LogP contribution < -0.4 is 10.6 Å². The molecule has 20 heavy (non-hydrogen) atoms. The van der Waals surface area contributed by atoms with Gasteiger partial charge in [-0.1, -0.05) is 30.7 Å². The summed E-state index contributed by atoms with van der Waals surface area (Å²) < 4.78 is 0. The predicted molar refractivity (Wildman–Crippen MR) is 84.3 cm³/mol. The van der Waals surface area contributed by atoms with Gasteiger partial charge in [0.15, 0.2) is 0 Å². The van der Waals surface area contributed by atoms with Gasteiger partial charge >= 0.3 is 0 Å². The van der Waals surface area contributed by atoms with Gasteiger partial charge in [0, 0.05) is 24.8 Å². The van der Waals surface area contributed by atoms with Crippen LogP contribution in [-0.4, -0.2) is 16.5 Å². The summed E-state index contributed by atoms with van der Waals surface area (Å²) in [5.41, 5.74) is 2.34. The van der Waals surface area contributed by atoms with Crippen molar-refractivity contribution >= 4 is 23.1 Å². The molecule has 0 aliphatic carbocycles. The first-order valence-electron chi connectivity index (χ1n) is 6.75. The molecule has 1 aromatic carbocycles. The van der Waals surface area contributed by atoms with Crippen LogP contribution in [0.5, 0.6) is 0 Å². The van der Waals surface area contributed by atoms with Crippen LogP contribution in [0.3, 0.4) is 0 Å². The van der Waals surface area contributed by atoms with Crippen LogP contribution in [0.15, 0.2) is 30.3 Å². The Labute approximate surface area is 124 Å². The molecule has 0 bridgehead atoms. The Balaban J connectivity index is 1.93. The van der Waals surface area contributed by atoms with Crippen molar-refractivity contribution in [2.45, 2.75) is 26.8 Å².